The van der Waals surface area contributed by atoms with E-state index in [1.54, 1.807) is 19.5 Å². The molecule has 0 radical (unpaired) electrons. The molecule has 32 heavy (non-hydrogen) atoms. The molecule has 3 aromatic heterocycles. The third-order valence-electron chi connectivity index (χ3n) is 6.51. The number of ether oxygens (including phenoxy) is 1. The van der Waals surface area contributed by atoms with Crippen molar-refractivity contribution in [3.05, 3.63) is 42.9 Å². The maximum atomic E-state index is 10.3. The molecule has 1 saturated carbocycles. The predicted molar refractivity (Wildman–Crippen MR) is 124 cm³/mol. The lowest BCUT2D eigenvalue weighted by Gasteiger charge is -2.36. The highest BCUT2D eigenvalue weighted by Crippen LogP contribution is 2.35. The fraction of sp³-hybridized carbons (Fsp3) is 0.417. The van der Waals surface area contributed by atoms with E-state index in [-0.39, 0.29) is 6.04 Å². The van der Waals surface area contributed by atoms with Gasteiger partial charge in [0.25, 0.3) is 0 Å². The number of rotatable bonds is 5. The van der Waals surface area contributed by atoms with Crippen LogP contribution in [0.2, 0.25) is 0 Å². The average Bonchev–Trinajstić information content (AvgIpc) is 3.22. The van der Waals surface area contributed by atoms with Crippen molar-refractivity contribution >= 4 is 22.5 Å². The van der Waals surface area contributed by atoms with Gasteiger partial charge < -0.3 is 15.2 Å². The van der Waals surface area contributed by atoms with Crippen LogP contribution in [-0.4, -0.2) is 48.4 Å². The van der Waals surface area contributed by atoms with Crippen molar-refractivity contribution in [1.82, 2.24) is 24.6 Å². The molecular formula is C24H28N6O2. The summed E-state index contributed by atoms with van der Waals surface area (Å²) in [7, 11) is 1.63. The molecule has 0 spiro atoms. The minimum atomic E-state index is -0.626. The van der Waals surface area contributed by atoms with Crippen molar-refractivity contribution < 1.29 is 9.84 Å². The number of methoxy groups -OCH3 is 1. The Morgan fingerprint density at radius 2 is 1.81 bits per heavy atom. The summed E-state index contributed by atoms with van der Waals surface area (Å²) in [5.74, 6) is 1.40. The zero-order valence-electron chi connectivity index (χ0n) is 18.6. The second kappa shape index (κ2) is 8.02. The molecule has 1 aromatic carbocycles. The Balaban J connectivity index is 1.43. The third-order valence-corrected chi connectivity index (χ3v) is 6.51. The smallest absolute Gasteiger partial charge is 0.244 e. The summed E-state index contributed by atoms with van der Waals surface area (Å²) < 4.78 is 7.47. The van der Waals surface area contributed by atoms with Gasteiger partial charge in [-0.1, -0.05) is 6.07 Å². The van der Waals surface area contributed by atoms with E-state index in [1.807, 2.05) is 48.8 Å². The van der Waals surface area contributed by atoms with Crippen molar-refractivity contribution in [3.8, 4) is 17.0 Å². The van der Waals surface area contributed by atoms with E-state index in [2.05, 4.69) is 20.3 Å². The molecule has 0 bridgehead atoms. The van der Waals surface area contributed by atoms with E-state index in [0.717, 1.165) is 53.4 Å². The van der Waals surface area contributed by atoms with Crippen LogP contribution >= 0.6 is 0 Å². The summed E-state index contributed by atoms with van der Waals surface area (Å²) in [4.78, 5) is 13.4. The molecular weight excluding hydrogens is 404 g/mol. The van der Waals surface area contributed by atoms with E-state index < -0.39 is 5.60 Å². The first-order chi connectivity index (χ1) is 15.4. The Kier molecular flexibility index (Phi) is 5.17. The molecule has 8 nitrogen and oxygen atoms in total. The first-order valence-corrected chi connectivity index (χ1v) is 11.1. The first kappa shape index (κ1) is 20.6. The fourth-order valence-electron chi connectivity index (χ4n) is 4.69. The summed E-state index contributed by atoms with van der Waals surface area (Å²) in [5.41, 5.74) is 3.86. The highest BCUT2D eigenvalue weighted by atomic mass is 16.5. The number of aliphatic hydroxyl groups is 1. The second-order valence-corrected chi connectivity index (χ2v) is 9.07. The van der Waals surface area contributed by atoms with Gasteiger partial charge in [0.15, 0.2) is 0 Å². The van der Waals surface area contributed by atoms with Gasteiger partial charge in [0.1, 0.15) is 5.52 Å². The van der Waals surface area contributed by atoms with E-state index in [0.29, 0.717) is 17.7 Å². The number of anilines is 1. The molecule has 0 saturated heterocycles. The summed E-state index contributed by atoms with van der Waals surface area (Å²) in [6.45, 7) is 3.80. The van der Waals surface area contributed by atoms with Gasteiger partial charge in [0, 0.05) is 30.2 Å². The molecule has 1 aliphatic rings. The molecule has 2 N–H and O–H groups in total. The van der Waals surface area contributed by atoms with Gasteiger partial charge in [-0.3, -0.25) is 9.97 Å². The monoisotopic (exact) mass is 432 g/mol. The first-order valence-electron chi connectivity index (χ1n) is 11.1. The quantitative estimate of drug-likeness (QED) is 0.490. The zero-order chi connectivity index (χ0) is 22.3. The van der Waals surface area contributed by atoms with Gasteiger partial charge in [-0.2, -0.15) is 4.98 Å². The summed E-state index contributed by atoms with van der Waals surface area (Å²) in [5, 5.41) is 18.4. The van der Waals surface area contributed by atoms with Gasteiger partial charge in [0.05, 0.1) is 23.7 Å². The lowest BCUT2D eigenvalue weighted by atomic mass is 9.77. The van der Waals surface area contributed by atoms with Crippen LogP contribution in [0.5, 0.6) is 5.88 Å². The van der Waals surface area contributed by atoms with E-state index in [9.17, 15) is 5.11 Å². The van der Waals surface area contributed by atoms with Gasteiger partial charge in [-0.25, -0.2) is 4.52 Å². The largest absolute Gasteiger partial charge is 0.479 e. The van der Waals surface area contributed by atoms with Crippen molar-refractivity contribution in [1.29, 1.82) is 0 Å². The van der Waals surface area contributed by atoms with Gasteiger partial charge in [-0.05, 0) is 69.2 Å². The lowest BCUT2D eigenvalue weighted by Crippen LogP contribution is -2.37. The zero-order valence-corrected chi connectivity index (χ0v) is 18.6. The summed E-state index contributed by atoms with van der Waals surface area (Å²) in [6, 6.07) is 8.31. The van der Waals surface area contributed by atoms with Crippen LogP contribution in [0.15, 0.2) is 42.9 Å². The summed E-state index contributed by atoms with van der Waals surface area (Å²) in [6.07, 6.45) is 9.24. The number of fused-ring (bicyclic) bond motifs is 2. The van der Waals surface area contributed by atoms with Crippen LogP contribution in [-0.2, 0) is 0 Å². The number of hydrogen-bond donors (Lipinski definition) is 2. The Hall–Kier alpha value is -3.26. The summed E-state index contributed by atoms with van der Waals surface area (Å²) >= 11 is 0. The van der Waals surface area contributed by atoms with Gasteiger partial charge in [-0.15, -0.1) is 5.10 Å². The Bertz CT molecular complexity index is 1250. The van der Waals surface area contributed by atoms with Crippen molar-refractivity contribution in [2.24, 2.45) is 5.92 Å². The minimum Gasteiger partial charge on any atom is -0.479 e. The minimum absolute atomic E-state index is 0.282. The average molecular weight is 433 g/mol. The van der Waals surface area contributed by atoms with Crippen molar-refractivity contribution in [3.63, 3.8) is 0 Å². The number of benzene rings is 1. The lowest BCUT2D eigenvalue weighted by molar-refractivity contribution is -0.000418. The molecule has 8 heteroatoms. The Morgan fingerprint density at radius 3 is 2.53 bits per heavy atom. The van der Waals surface area contributed by atoms with Crippen LogP contribution in [0.1, 0.15) is 39.5 Å². The fourth-order valence-corrected chi connectivity index (χ4v) is 4.69. The molecule has 1 fully saturated rings. The van der Waals surface area contributed by atoms with Crippen LogP contribution < -0.4 is 10.1 Å². The second-order valence-electron chi connectivity index (χ2n) is 9.07. The molecule has 166 valence electrons. The van der Waals surface area contributed by atoms with Crippen LogP contribution in [0.25, 0.3) is 27.7 Å². The van der Waals surface area contributed by atoms with Crippen LogP contribution in [0.3, 0.4) is 0 Å². The maximum Gasteiger partial charge on any atom is 0.244 e. The standard InChI is InChI=1S/C24H28N6O2/c1-24(2,31)16-5-7-17(8-6-16)27-23-28-22(32-3)21-18(10-13-30(21)29-23)15-4-9-19-20(14-15)26-12-11-25-19/h4,9-14,16-17,31H,5-8H2,1-3H3,(H,27,29)/t16-,17-. The Labute approximate surface area is 186 Å². The van der Waals surface area contributed by atoms with E-state index in [4.69, 9.17) is 9.84 Å². The van der Waals surface area contributed by atoms with Crippen LogP contribution in [0, 0.1) is 5.92 Å². The number of hydrogen-bond acceptors (Lipinski definition) is 7. The number of nitrogens with one attached hydrogen (secondary N) is 1. The highest BCUT2D eigenvalue weighted by Gasteiger charge is 2.31. The predicted octanol–water partition coefficient (Wildman–Crippen LogP) is 4.09. The van der Waals surface area contributed by atoms with Gasteiger partial charge in [0.2, 0.25) is 11.8 Å². The normalized spacial score (nSPS) is 19.4. The molecule has 5 rings (SSSR count). The molecule has 4 aromatic rings. The Morgan fingerprint density at radius 1 is 1.06 bits per heavy atom. The third kappa shape index (κ3) is 3.86. The molecule has 1 aliphatic carbocycles. The van der Waals surface area contributed by atoms with Gasteiger partial charge >= 0.3 is 0 Å². The molecule has 0 amide bonds. The number of aromatic nitrogens is 5. The van der Waals surface area contributed by atoms with E-state index in [1.165, 1.54) is 0 Å². The number of nitrogens with zero attached hydrogens (tertiary/aromatic N) is 5. The SMILES string of the molecule is COc1nc(N[C@H]2CC[C@H](C(C)(C)O)CC2)nn2ccc(-c3ccc4nccnc4c3)c12. The molecule has 0 unspecified atom stereocenters. The molecule has 0 atom stereocenters. The van der Waals surface area contributed by atoms with Crippen molar-refractivity contribution in [2.75, 3.05) is 12.4 Å². The highest BCUT2D eigenvalue weighted by molar-refractivity contribution is 5.89. The van der Waals surface area contributed by atoms with Crippen molar-refractivity contribution in [2.45, 2.75) is 51.2 Å². The molecule has 3 heterocycles. The maximum absolute atomic E-state index is 10.3. The topological polar surface area (TPSA) is 97.5 Å². The van der Waals surface area contributed by atoms with Crippen LogP contribution in [0.4, 0.5) is 5.95 Å². The van der Waals surface area contributed by atoms with E-state index >= 15 is 0 Å². The molecule has 0 aliphatic heterocycles.